The fourth-order valence-electron chi connectivity index (χ4n) is 4.75. The molecule has 1 saturated carbocycles. The number of aryl methyl sites for hydroxylation is 1. The van der Waals surface area contributed by atoms with Crippen LogP contribution in [0, 0.1) is 0 Å². The zero-order chi connectivity index (χ0) is 28.3. The van der Waals surface area contributed by atoms with Gasteiger partial charge < -0.3 is 15.6 Å². The van der Waals surface area contributed by atoms with Gasteiger partial charge in [0.15, 0.2) is 5.65 Å². The van der Waals surface area contributed by atoms with Crippen LogP contribution in [-0.4, -0.2) is 35.0 Å². The molecular formula is C30H30N8O3. The number of carbonyl (C=O) groups is 1. The van der Waals surface area contributed by atoms with Gasteiger partial charge in [-0.1, -0.05) is 31.2 Å². The van der Waals surface area contributed by atoms with E-state index in [2.05, 4.69) is 30.6 Å². The molecule has 5 aromatic rings. The molecule has 0 spiro atoms. The lowest BCUT2D eigenvalue weighted by Gasteiger charge is -2.09. The molecule has 0 atom stereocenters. The summed E-state index contributed by atoms with van der Waals surface area (Å²) in [5, 5.41) is 6.22. The molecule has 0 bridgehead atoms. The zero-order valence-electron chi connectivity index (χ0n) is 22.6. The normalized spacial score (nSPS) is 12.9. The van der Waals surface area contributed by atoms with E-state index in [1.54, 1.807) is 35.3 Å². The van der Waals surface area contributed by atoms with Crippen LogP contribution in [-0.2, 0) is 19.6 Å². The van der Waals surface area contributed by atoms with Crippen LogP contribution in [0.1, 0.15) is 53.7 Å². The SMILES string of the molecule is CCCn1c(=O)n(C2CC2)c(=O)c2[nH]c(-c3ccc(NCc4ccc(CNC(=O)c5ccncc5)cc4)nc3)nc21. The number of hydrogen-bond acceptors (Lipinski definition) is 7. The highest BCUT2D eigenvalue weighted by Gasteiger charge is 2.29. The number of imidazole rings is 1. The fraction of sp³-hybridized carbons (Fsp3) is 0.267. The highest BCUT2D eigenvalue weighted by atomic mass is 16.2. The lowest BCUT2D eigenvalue weighted by atomic mass is 10.1. The number of hydrogen-bond donors (Lipinski definition) is 3. The Morgan fingerprint density at radius 1 is 1.00 bits per heavy atom. The van der Waals surface area contributed by atoms with Crippen LogP contribution in [0.4, 0.5) is 5.82 Å². The van der Waals surface area contributed by atoms with Crippen molar-refractivity contribution < 1.29 is 4.79 Å². The predicted molar refractivity (Wildman–Crippen MR) is 156 cm³/mol. The van der Waals surface area contributed by atoms with Crippen LogP contribution in [0.3, 0.4) is 0 Å². The van der Waals surface area contributed by atoms with Crippen LogP contribution in [0.15, 0.2) is 76.7 Å². The number of carbonyl (C=O) groups excluding carboxylic acids is 1. The van der Waals surface area contributed by atoms with Crippen molar-refractivity contribution in [1.82, 2.24) is 34.4 Å². The minimum absolute atomic E-state index is 0.0176. The third-order valence-corrected chi connectivity index (χ3v) is 7.10. The van der Waals surface area contributed by atoms with Gasteiger partial charge in [-0.15, -0.1) is 0 Å². The third-order valence-electron chi connectivity index (χ3n) is 7.10. The number of aromatic nitrogens is 6. The summed E-state index contributed by atoms with van der Waals surface area (Å²) in [5.41, 5.74) is 3.50. The minimum atomic E-state index is -0.313. The average molecular weight is 551 g/mol. The lowest BCUT2D eigenvalue weighted by Crippen LogP contribution is -2.39. The van der Waals surface area contributed by atoms with Gasteiger partial charge in [-0.05, 0) is 54.7 Å². The molecule has 6 rings (SSSR count). The van der Waals surface area contributed by atoms with Crippen LogP contribution < -0.4 is 21.9 Å². The Morgan fingerprint density at radius 3 is 2.39 bits per heavy atom. The van der Waals surface area contributed by atoms with Gasteiger partial charge in [0.25, 0.3) is 11.5 Å². The molecule has 4 aromatic heterocycles. The number of fused-ring (bicyclic) bond motifs is 1. The molecule has 4 heterocycles. The van der Waals surface area contributed by atoms with Crippen molar-refractivity contribution in [1.29, 1.82) is 0 Å². The summed E-state index contributed by atoms with van der Waals surface area (Å²) in [7, 11) is 0. The van der Waals surface area contributed by atoms with Gasteiger partial charge in [0.1, 0.15) is 17.2 Å². The first-order valence-electron chi connectivity index (χ1n) is 13.7. The smallest absolute Gasteiger partial charge is 0.333 e. The van der Waals surface area contributed by atoms with Crippen LogP contribution in [0.25, 0.3) is 22.6 Å². The standard InChI is InChI=1S/C30H30N8O3/c1-2-15-37-27-25(29(40)38(30(37)41)23-8-9-23)35-26(36-27)22-7-10-24(33-18-22)32-16-19-3-5-20(6-4-19)17-34-28(39)21-11-13-31-14-12-21/h3-7,10-14,18,23H,2,8-9,15-17H2,1H3,(H,32,33)(H,34,39)(H,35,36). The molecule has 1 aliphatic carbocycles. The maximum atomic E-state index is 13.1. The van der Waals surface area contributed by atoms with E-state index in [4.69, 9.17) is 0 Å². The number of nitrogens with one attached hydrogen (secondary N) is 3. The summed E-state index contributed by atoms with van der Waals surface area (Å²) >= 11 is 0. The van der Waals surface area contributed by atoms with Crippen LogP contribution in [0.5, 0.6) is 0 Å². The molecule has 0 radical (unpaired) electrons. The number of anilines is 1. The van der Waals surface area contributed by atoms with Crippen molar-refractivity contribution in [2.24, 2.45) is 0 Å². The van der Waals surface area contributed by atoms with Gasteiger partial charge in [-0.2, -0.15) is 0 Å². The van der Waals surface area contributed by atoms with E-state index < -0.39 is 0 Å². The quantitative estimate of drug-likeness (QED) is 0.241. The molecule has 3 N–H and O–H groups in total. The molecule has 1 aromatic carbocycles. The van der Waals surface area contributed by atoms with E-state index in [1.807, 2.05) is 43.3 Å². The van der Waals surface area contributed by atoms with Gasteiger partial charge in [0.2, 0.25) is 0 Å². The van der Waals surface area contributed by atoms with Crippen molar-refractivity contribution in [2.75, 3.05) is 5.32 Å². The Hall–Kier alpha value is -5.06. The summed E-state index contributed by atoms with van der Waals surface area (Å²) < 4.78 is 2.97. The van der Waals surface area contributed by atoms with Crippen LogP contribution >= 0.6 is 0 Å². The van der Waals surface area contributed by atoms with Crippen molar-refractivity contribution in [3.63, 3.8) is 0 Å². The Labute approximate surface area is 235 Å². The Kier molecular flexibility index (Phi) is 7.15. The number of aromatic amines is 1. The molecule has 0 unspecified atom stereocenters. The predicted octanol–water partition coefficient (Wildman–Crippen LogP) is 3.63. The molecule has 0 saturated heterocycles. The topological polar surface area (TPSA) is 140 Å². The lowest BCUT2D eigenvalue weighted by molar-refractivity contribution is 0.0951. The van der Waals surface area contributed by atoms with Gasteiger partial charge in [0, 0.05) is 55.4 Å². The van der Waals surface area contributed by atoms with Crippen LogP contribution in [0.2, 0.25) is 0 Å². The first kappa shape index (κ1) is 26.2. The van der Waals surface area contributed by atoms with Gasteiger partial charge in [0.05, 0.1) is 0 Å². The Bertz CT molecular complexity index is 1800. The van der Waals surface area contributed by atoms with E-state index in [9.17, 15) is 14.4 Å². The number of nitrogens with zero attached hydrogens (tertiary/aromatic N) is 5. The molecule has 11 heteroatoms. The summed E-state index contributed by atoms with van der Waals surface area (Å²) in [6.07, 6.45) is 7.33. The molecule has 208 valence electrons. The monoisotopic (exact) mass is 550 g/mol. The number of H-pyrrole nitrogens is 1. The zero-order valence-corrected chi connectivity index (χ0v) is 22.6. The number of amides is 1. The first-order chi connectivity index (χ1) is 20.0. The van der Waals surface area contributed by atoms with Gasteiger partial charge in [-0.3, -0.25) is 23.7 Å². The average Bonchev–Trinajstić information content (AvgIpc) is 3.74. The van der Waals surface area contributed by atoms with Crippen molar-refractivity contribution >= 4 is 22.9 Å². The van der Waals surface area contributed by atoms with E-state index >= 15 is 0 Å². The largest absolute Gasteiger partial charge is 0.366 e. The van der Waals surface area contributed by atoms with E-state index in [1.165, 1.54) is 4.57 Å². The van der Waals surface area contributed by atoms with Crippen molar-refractivity contribution in [2.45, 2.75) is 51.9 Å². The first-order valence-corrected chi connectivity index (χ1v) is 13.7. The second-order valence-electron chi connectivity index (χ2n) is 10.1. The number of benzene rings is 1. The maximum absolute atomic E-state index is 13.1. The van der Waals surface area contributed by atoms with Gasteiger partial charge >= 0.3 is 5.69 Å². The highest BCUT2D eigenvalue weighted by molar-refractivity contribution is 5.93. The Morgan fingerprint density at radius 2 is 1.73 bits per heavy atom. The summed E-state index contributed by atoms with van der Waals surface area (Å²) in [5.74, 6) is 1.05. The van der Waals surface area contributed by atoms with Crippen molar-refractivity contribution in [3.05, 3.63) is 105 Å². The fourth-order valence-corrected chi connectivity index (χ4v) is 4.75. The molecule has 0 aliphatic heterocycles. The molecule has 1 aliphatic rings. The van der Waals surface area contributed by atoms with Crippen molar-refractivity contribution in [3.8, 4) is 11.4 Å². The molecule has 1 fully saturated rings. The second-order valence-corrected chi connectivity index (χ2v) is 10.1. The van der Waals surface area contributed by atoms with E-state index in [0.717, 1.165) is 36.0 Å². The van der Waals surface area contributed by atoms with E-state index in [-0.39, 0.29) is 23.2 Å². The van der Waals surface area contributed by atoms with E-state index in [0.29, 0.717) is 48.0 Å². The second kappa shape index (κ2) is 11.2. The van der Waals surface area contributed by atoms with Gasteiger partial charge in [-0.25, -0.2) is 14.8 Å². The maximum Gasteiger partial charge on any atom is 0.333 e. The summed E-state index contributed by atoms with van der Waals surface area (Å²) in [6, 6.07) is 15.1. The molecule has 11 nitrogen and oxygen atoms in total. The number of rotatable bonds is 10. The summed E-state index contributed by atoms with van der Waals surface area (Å²) in [6.45, 7) is 3.50. The molecular weight excluding hydrogens is 520 g/mol. The number of pyridine rings is 2. The minimum Gasteiger partial charge on any atom is -0.366 e. The molecule has 1 amide bonds. The molecule has 41 heavy (non-hydrogen) atoms. The Balaban J connectivity index is 1.11. The third kappa shape index (κ3) is 5.51. The summed E-state index contributed by atoms with van der Waals surface area (Å²) in [4.78, 5) is 54.5. The highest BCUT2D eigenvalue weighted by Crippen LogP contribution is 2.32.